The van der Waals surface area contributed by atoms with Crippen molar-refractivity contribution in [3.8, 4) is 5.75 Å². The highest BCUT2D eigenvalue weighted by Gasteiger charge is 2.09. The number of carboxylic acids is 1. The molecule has 1 N–H and O–H groups in total. The van der Waals surface area contributed by atoms with E-state index in [-0.39, 0.29) is 5.56 Å². The van der Waals surface area contributed by atoms with Crippen LogP contribution in [0.15, 0.2) is 41.4 Å². The van der Waals surface area contributed by atoms with Gasteiger partial charge in [0.15, 0.2) is 0 Å². The lowest BCUT2D eigenvalue weighted by atomic mass is 10.1. The summed E-state index contributed by atoms with van der Waals surface area (Å²) in [5.41, 5.74) is 2.20. The van der Waals surface area contributed by atoms with Gasteiger partial charge in [0.2, 0.25) is 0 Å². The smallest absolute Gasteiger partial charge is 0.336 e. The Kier molecular flexibility index (Phi) is 5.17. The number of hydrogen-bond donors (Lipinski definition) is 1. The van der Waals surface area contributed by atoms with E-state index < -0.39 is 5.97 Å². The maximum Gasteiger partial charge on any atom is 0.336 e. The summed E-state index contributed by atoms with van der Waals surface area (Å²) in [4.78, 5) is 15.5. The summed E-state index contributed by atoms with van der Waals surface area (Å²) in [6.45, 7) is 4.17. The number of carbonyl (C=O) groups is 1. The van der Waals surface area contributed by atoms with Crippen LogP contribution >= 0.6 is 11.6 Å². The maximum absolute atomic E-state index is 11.1. The molecule has 0 aliphatic rings. The second-order valence-electron chi connectivity index (χ2n) is 4.63. The number of nitrogens with zero attached hydrogens (tertiary/aromatic N) is 1. The Hall–Kier alpha value is -2.33. The molecule has 0 amide bonds. The van der Waals surface area contributed by atoms with Gasteiger partial charge in [0.05, 0.1) is 17.9 Å². The molecule has 0 atom stereocenters. The fraction of sp³-hybridized carbons (Fsp3) is 0.176. The predicted octanol–water partition coefficient (Wildman–Crippen LogP) is 4.50. The molecule has 5 heteroatoms. The third kappa shape index (κ3) is 3.65. The molecule has 0 aliphatic heterocycles. The molecule has 4 nitrogen and oxygen atoms in total. The van der Waals surface area contributed by atoms with Gasteiger partial charge in [-0.25, -0.2) is 4.79 Å². The van der Waals surface area contributed by atoms with E-state index in [1.54, 1.807) is 49.5 Å². The highest BCUT2D eigenvalue weighted by atomic mass is 35.5. The van der Waals surface area contributed by atoms with Crippen LogP contribution in [-0.4, -0.2) is 23.9 Å². The van der Waals surface area contributed by atoms with E-state index in [1.165, 1.54) is 0 Å². The fourth-order valence-electron chi connectivity index (χ4n) is 2.04. The molecule has 0 radical (unpaired) electrons. The molecule has 2 rings (SSSR count). The molecule has 0 unspecified atom stereocenters. The van der Waals surface area contributed by atoms with Crippen LogP contribution in [0.25, 0.3) is 0 Å². The first-order valence-electron chi connectivity index (χ1n) is 6.82. The lowest BCUT2D eigenvalue weighted by Gasteiger charge is -2.08. The van der Waals surface area contributed by atoms with Crippen LogP contribution < -0.4 is 4.74 Å². The van der Waals surface area contributed by atoms with Crippen molar-refractivity contribution >= 4 is 29.5 Å². The van der Waals surface area contributed by atoms with Gasteiger partial charge in [-0.1, -0.05) is 17.7 Å². The molecular formula is C17H16ClNO3. The first-order valence-corrected chi connectivity index (χ1v) is 7.20. The minimum Gasteiger partial charge on any atom is -0.493 e. The molecule has 0 saturated carbocycles. The lowest BCUT2D eigenvalue weighted by Crippen LogP contribution is -1.99. The van der Waals surface area contributed by atoms with E-state index in [0.717, 1.165) is 5.56 Å². The van der Waals surface area contributed by atoms with Crippen molar-refractivity contribution in [1.29, 1.82) is 0 Å². The average molecular weight is 318 g/mol. The largest absolute Gasteiger partial charge is 0.493 e. The summed E-state index contributed by atoms with van der Waals surface area (Å²) < 4.78 is 5.53. The van der Waals surface area contributed by atoms with Crippen LogP contribution in [0, 0.1) is 6.92 Å². The van der Waals surface area contributed by atoms with Gasteiger partial charge in [0.25, 0.3) is 0 Å². The van der Waals surface area contributed by atoms with Crippen molar-refractivity contribution < 1.29 is 14.6 Å². The molecule has 0 saturated heterocycles. The Balaban J connectivity index is 2.39. The molecule has 114 valence electrons. The van der Waals surface area contributed by atoms with E-state index in [4.69, 9.17) is 21.4 Å². The normalized spacial score (nSPS) is 10.9. The molecule has 0 bridgehead atoms. The summed E-state index contributed by atoms with van der Waals surface area (Å²) in [6.07, 6.45) is 1.63. The van der Waals surface area contributed by atoms with Gasteiger partial charge in [0.1, 0.15) is 5.75 Å². The minimum atomic E-state index is -0.965. The molecular weight excluding hydrogens is 302 g/mol. The van der Waals surface area contributed by atoms with E-state index in [1.807, 2.05) is 6.92 Å². The van der Waals surface area contributed by atoms with Crippen molar-refractivity contribution in [3.63, 3.8) is 0 Å². The summed E-state index contributed by atoms with van der Waals surface area (Å²) >= 11 is 6.00. The Morgan fingerprint density at radius 3 is 2.82 bits per heavy atom. The second-order valence-corrected chi connectivity index (χ2v) is 5.06. The van der Waals surface area contributed by atoms with Gasteiger partial charge in [-0.2, -0.15) is 0 Å². The molecule has 0 aliphatic carbocycles. The van der Waals surface area contributed by atoms with Crippen molar-refractivity contribution in [3.05, 3.63) is 58.1 Å². The zero-order valence-corrected chi connectivity index (χ0v) is 13.1. The zero-order valence-electron chi connectivity index (χ0n) is 12.3. The number of rotatable bonds is 5. The SMILES string of the molecule is CCOc1ccc(Cl)cc1C=Nc1cccc(C(=O)O)c1C. The highest BCUT2D eigenvalue weighted by Crippen LogP contribution is 2.25. The summed E-state index contributed by atoms with van der Waals surface area (Å²) in [5, 5.41) is 9.72. The number of halogens is 1. The number of aromatic carboxylic acids is 1. The minimum absolute atomic E-state index is 0.241. The quantitative estimate of drug-likeness (QED) is 0.826. The van der Waals surface area contributed by atoms with Crippen LogP contribution in [0.2, 0.25) is 5.02 Å². The van der Waals surface area contributed by atoms with Crippen LogP contribution in [0.5, 0.6) is 5.75 Å². The first kappa shape index (κ1) is 16.0. The third-order valence-corrected chi connectivity index (χ3v) is 3.39. The Morgan fingerprint density at radius 1 is 1.36 bits per heavy atom. The Morgan fingerprint density at radius 2 is 2.14 bits per heavy atom. The molecule has 0 fully saturated rings. The summed E-state index contributed by atoms with van der Waals surface area (Å²) in [7, 11) is 0. The van der Waals surface area contributed by atoms with E-state index in [2.05, 4.69) is 4.99 Å². The maximum atomic E-state index is 11.1. The number of carboxylic acid groups (broad SMARTS) is 1. The average Bonchev–Trinajstić information content (AvgIpc) is 2.48. The highest BCUT2D eigenvalue weighted by molar-refractivity contribution is 6.30. The first-order chi connectivity index (χ1) is 10.5. The zero-order chi connectivity index (χ0) is 16.1. The molecule has 2 aromatic carbocycles. The van der Waals surface area contributed by atoms with Crippen LogP contribution in [0.3, 0.4) is 0 Å². The monoisotopic (exact) mass is 317 g/mol. The summed E-state index contributed by atoms with van der Waals surface area (Å²) in [5.74, 6) is -0.282. The van der Waals surface area contributed by atoms with Crippen molar-refractivity contribution in [1.82, 2.24) is 0 Å². The Labute approximate surface area is 134 Å². The number of benzene rings is 2. The van der Waals surface area contributed by atoms with Gasteiger partial charge in [0, 0.05) is 16.8 Å². The van der Waals surface area contributed by atoms with E-state index in [0.29, 0.717) is 28.6 Å². The van der Waals surface area contributed by atoms with Crippen molar-refractivity contribution in [2.75, 3.05) is 6.61 Å². The standard InChI is InChI=1S/C17H16ClNO3/c1-3-22-16-8-7-13(18)9-12(16)10-19-15-6-4-5-14(11(15)2)17(20)21/h4-10H,3H2,1-2H3,(H,20,21). The number of aliphatic imine (C=N–C) groups is 1. The van der Waals surface area contributed by atoms with Crippen molar-refractivity contribution in [2.45, 2.75) is 13.8 Å². The number of ether oxygens (including phenoxy) is 1. The fourth-order valence-corrected chi connectivity index (χ4v) is 2.22. The third-order valence-electron chi connectivity index (χ3n) is 3.15. The van der Waals surface area contributed by atoms with Gasteiger partial charge < -0.3 is 9.84 Å². The van der Waals surface area contributed by atoms with Crippen LogP contribution in [0.4, 0.5) is 5.69 Å². The second kappa shape index (κ2) is 7.09. The summed E-state index contributed by atoms with van der Waals surface area (Å²) in [6, 6.07) is 10.3. The topological polar surface area (TPSA) is 58.9 Å². The van der Waals surface area contributed by atoms with E-state index in [9.17, 15) is 4.79 Å². The molecule has 0 aromatic heterocycles. The van der Waals surface area contributed by atoms with Crippen LogP contribution in [-0.2, 0) is 0 Å². The van der Waals surface area contributed by atoms with Crippen LogP contribution in [0.1, 0.15) is 28.4 Å². The number of hydrogen-bond acceptors (Lipinski definition) is 3. The van der Waals surface area contributed by atoms with Gasteiger partial charge in [-0.15, -0.1) is 0 Å². The van der Waals surface area contributed by atoms with Crippen molar-refractivity contribution in [2.24, 2.45) is 4.99 Å². The van der Waals surface area contributed by atoms with Gasteiger partial charge in [-0.05, 0) is 49.7 Å². The van der Waals surface area contributed by atoms with Gasteiger partial charge >= 0.3 is 5.97 Å². The van der Waals surface area contributed by atoms with E-state index >= 15 is 0 Å². The molecule has 0 heterocycles. The molecule has 0 spiro atoms. The van der Waals surface area contributed by atoms with Gasteiger partial charge in [-0.3, -0.25) is 4.99 Å². The predicted molar refractivity (Wildman–Crippen MR) is 88.0 cm³/mol. The molecule has 2 aromatic rings. The Bertz CT molecular complexity index is 726. The lowest BCUT2D eigenvalue weighted by molar-refractivity contribution is 0.0696. The molecule has 22 heavy (non-hydrogen) atoms.